The number of esters is 2. The first kappa shape index (κ1) is 18.8. The molecule has 1 aliphatic heterocycles. The molecule has 0 saturated carbocycles. The van der Waals surface area contributed by atoms with Gasteiger partial charge in [-0.2, -0.15) is 0 Å². The van der Waals surface area contributed by atoms with E-state index in [1.54, 1.807) is 20.8 Å². The van der Waals surface area contributed by atoms with Crippen LogP contribution in [-0.2, 0) is 23.8 Å². The summed E-state index contributed by atoms with van der Waals surface area (Å²) in [5.74, 6) is -1.09. The van der Waals surface area contributed by atoms with Crippen molar-refractivity contribution in [2.75, 3.05) is 32.2 Å². The Bertz CT molecular complexity index is 663. The highest BCUT2D eigenvalue weighted by Crippen LogP contribution is 2.40. The summed E-state index contributed by atoms with van der Waals surface area (Å²) in [7, 11) is 3.90. The summed E-state index contributed by atoms with van der Waals surface area (Å²) < 4.78 is 16.0. The van der Waals surface area contributed by atoms with Gasteiger partial charge >= 0.3 is 11.9 Å². The lowest BCUT2D eigenvalue weighted by molar-refractivity contribution is -0.153. The average Bonchev–Trinajstić information content (AvgIpc) is 2.93. The Morgan fingerprint density at radius 3 is 2.20 bits per heavy atom. The van der Waals surface area contributed by atoms with Gasteiger partial charge in [0.25, 0.3) is 0 Å². The highest BCUT2D eigenvalue weighted by molar-refractivity contribution is 5.94. The fraction of sp³-hybridized carbons (Fsp3) is 0.474. The van der Waals surface area contributed by atoms with Crippen molar-refractivity contribution in [2.45, 2.75) is 32.8 Å². The molecular formula is C19H25NO5. The maximum atomic E-state index is 12.4. The fourth-order valence-electron chi connectivity index (χ4n) is 2.90. The predicted molar refractivity (Wildman–Crippen MR) is 94.3 cm³/mol. The molecule has 1 heterocycles. The van der Waals surface area contributed by atoms with Gasteiger partial charge in [-0.3, -0.25) is 0 Å². The molecule has 0 radical (unpaired) electrons. The number of hydrogen-bond donors (Lipinski definition) is 0. The minimum absolute atomic E-state index is 0.249. The Labute approximate surface area is 148 Å². The first-order valence-electron chi connectivity index (χ1n) is 8.39. The third kappa shape index (κ3) is 3.95. The lowest BCUT2D eigenvalue weighted by atomic mass is 9.87. The normalized spacial score (nSPS) is 19.4. The largest absolute Gasteiger partial charge is 0.482 e. The van der Waals surface area contributed by atoms with Gasteiger partial charge in [-0.05, 0) is 38.5 Å². The number of benzene rings is 1. The van der Waals surface area contributed by atoms with Crippen LogP contribution in [0.5, 0.6) is 0 Å². The van der Waals surface area contributed by atoms with Gasteiger partial charge in [0.1, 0.15) is 5.76 Å². The van der Waals surface area contributed by atoms with Crippen LogP contribution in [0.2, 0.25) is 0 Å². The summed E-state index contributed by atoms with van der Waals surface area (Å²) in [6.45, 7) is 5.66. The van der Waals surface area contributed by atoms with Gasteiger partial charge in [0, 0.05) is 19.8 Å². The zero-order chi connectivity index (χ0) is 18.6. The second-order valence-electron chi connectivity index (χ2n) is 5.94. The average molecular weight is 347 g/mol. The van der Waals surface area contributed by atoms with Crippen LogP contribution >= 0.6 is 0 Å². The molecule has 0 N–H and O–H groups in total. The summed E-state index contributed by atoms with van der Waals surface area (Å²) in [5, 5.41) is 0. The fourth-order valence-corrected chi connectivity index (χ4v) is 2.90. The first-order chi connectivity index (χ1) is 11.9. The molecular weight excluding hydrogens is 322 g/mol. The van der Waals surface area contributed by atoms with E-state index in [9.17, 15) is 9.59 Å². The van der Waals surface area contributed by atoms with Crippen LogP contribution in [0.4, 0.5) is 5.69 Å². The predicted octanol–water partition coefficient (Wildman–Crippen LogP) is 2.64. The topological polar surface area (TPSA) is 65.1 Å². The van der Waals surface area contributed by atoms with Crippen molar-refractivity contribution in [3.63, 3.8) is 0 Å². The Morgan fingerprint density at radius 2 is 1.68 bits per heavy atom. The monoisotopic (exact) mass is 347 g/mol. The van der Waals surface area contributed by atoms with Crippen molar-refractivity contribution in [3.05, 3.63) is 41.2 Å². The van der Waals surface area contributed by atoms with E-state index in [2.05, 4.69) is 0 Å². The van der Waals surface area contributed by atoms with Crippen molar-refractivity contribution in [1.82, 2.24) is 0 Å². The molecule has 0 aromatic heterocycles. The molecule has 6 heteroatoms. The Kier molecular flexibility index (Phi) is 6.07. The first-order valence-corrected chi connectivity index (χ1v) is 8.39. The van der Waals surface area contributed by atoms with Gasteiger partial charge < -0.3 is 19.1 Å². The van der Waals surface area contributed by atoms with Crippen molar-refractivity contribution in [2.24, 2.45) is 0 Å². The van der Waals surface area contributed by atoms with Gasteiger partial charge in [0.05, 0.1) is 24.7 Å². The van der Waals surface area contributed by atoms with Crippen LogP contribution in [0.3, 0.4) is 0 Å². The number of allylic oxidation sites excluding steroid dienone is 1. The number of rotatable bonds is 6. The number of carbonyl (C=O) groups is 2. The molecule has 0 fully saturated rings. The number of carbonyl (C=O) groups excluding carboxylic acids is 2. The van der Waals surface area contributed by atoms with Gasteiger partial charge in [-0.25, -0.2) is 9.59 Å². The van der Waals surface area contributed by atoms with Crippen LogP contribution in [-0.4, -0.2) is 45.4 Å². The van der Waals surface area contributed by atoms with Crippen LogP contribution < -0.4 is 4.90 Å². The number of ether oxygens (including phenoxy) is 3. The van der Waals surface area contributed by atoms with Crippen molar-refractivity contribution >= 4 is 17.6 Å². The van der Waals surface area contributed by atoms with Gasteiger partial charge in [-0.1, -0.05) is 12.1 Å². The molecule has 2 atom stereocenters. The third-order valence-corrected chi connectivity index (χ3v) is 4.08. The smallest absolute Gasteiger partial charge is 0.348 e. The van der Waals surface area contributed by atoms with Crippen LogP contribution in [0.1, 0.15) is 32.3 Å². The molecule has 0 amide bonds. The van der Waals surface area contributed by atoms with Gasteiger partial charge in [0.15, 0.2) is 0 Å². The van der Waals surface area contributed by atoms with E-state index in [0.717, 1.165) is 11.3 Å². The highest BCUT2D eigenvalue weighted by atomic mass is 16.6. The maximum absolute atomic E-state index is 12.4. The lowest BCUT2D eigenvalue weighted by Crippen LogP contribution is -2.30. The van der Waals surface area contributed by atoms with E-state index in [4.69, 9.17) is 14.2 Å². The quantitative estimate of drug-likeness (QED) is 0.737. The number of anilines is 1. The zero-order valence-corrected chi connectivity index (χ0v) is 15.4. The molecule has 1 aliphatic rings. The van der Waals surface area contributed by atoms with Gasteiger partial charge in [-0.15, -0.1) is 0 Å². The minimum atomic E-state index is -0.885. The van der Waals surface area contributed by atoms with E-state index in [1.807, 2.05) is 43.3 Å². The summed E-state index contributed by atoms with van der Waals surface area (Å²) in [6, 6.07) is 7.67. The molecule has 2 rings (SSSR count). The zero-order valence-electron chi connectivity index (χ0n) is 15.4. The lowest BCUT2D eigenvalue weighted by Gasteiger charge is -2.21. The van der Waals surface area contributed by atoms with Crippen LogP contribution in [0.25, 0.3) is 0 Å². The maximum Gasteiger partial charge on any atom is 0.348 e. The summed E-state index contributed by atoms with van der Waals surface area (Å²) >= 11 is 0. The van der Waals surface area contributed by atoms with E-state index in [0.29, 0.717) is 11.3 Å². The molecule has 0 aliphatic carbocycles. The van der Waals surface area contributed by atoms with E-state index in [-0.39, 0.29) is 13.2 Å². The Morgan fingerprint density at radius 1 is 1.08 bits per heavy atom. The van der Waals surface area contributed by atoms with E-state index in [1.165, 1.54) is 0 Å². The molecule has 0 unspecified atom stereocenters. The van der Waals surface area contributed by atoms with Crippen LogP contribution in [0, 0.1) is 0 Å². The van der Waals surface area contributed by atoms with E-state index >= 15 is 0 Å². The molecule has 136 valence electrons. The molecule has 0 saturated heterocycles. The van der Waals surface area contributed by atoms with Gasteiger partial charge in [0.2, 0.25) is 6.10 Å². The molecule has 1 aromatic carbocycles. The van der Waals surface area contributed by atoms with Crippen molar-refractivity contribution in [3.8, 4) is 0 Å². The minimum Gasteiger partial charge on any atom is -0.482 e. The van der Waals surface area contributed by atoms with Crippen molar-refractivity contribution in [1.29, 1.82) is 0 Å². The SMILES string of the molecule is CCOC(=O)C1=C(C)O[C@H](C(=O)OCC)[C@H]1c1ccc(N(C)C)cc1. The Balaban J connectivity index is 2.43. The third-order valence-electron chi connectivity index (χ3n) is 4.08. The molecule has 1 aromatic rings. The Hall–Kier alpha value is -2.50. The van der Waals surface area contributed by atoms with Crippen LogP contribution in [0.15, 0.2) is 35.6 Å². The summed E-state index contributed by atoms with van der Waals surface area (Å²) in [5.41, 5.74) is 2.20. The summed E-state index contributed by atoms with van der Waals surface area (Å²) in [6.07, 6.45) is -0.885. The molecule has 25 heavy (non-hydrogen) atoms. The second kappa shape index (κ2) is 8.05. The second-order valence-corrected chi connectivity index (χ2v) is 5.94. The standard InChI is InChI=1S/C19H25NO5/c1-6-23-18(21)15-12(3)25-17(19(22)24-7-2)16(15)13-8-10-14(11-9-13)20(4)5/h8-11,16-17H,6-7H2,1-5H3/t16-,17-/m0/s1. The number of nitrogens with zero attached hydrogens (tertiary/aromatic N) is 1. The highest BCUT2D eigenvalue weighted by Gasteiger charge is 2.45. The summed E-state index contributed by atoms with van der Waals surface area (Å²) in [4.78, 5) is 26.7. The molecule has 0 spiro atoms. The van der Waals surface area contributed by atoms with E-state index < -0.39 is 24.0 Å². The molecule has 0 bridgehead atoms. The van der Waals surface area contributed by atoms with Crippen molar-refractivity contribution < 1.29 is 23.8 Å². The molecule has 6 nitrogen and oxygen atoms in total. The number of hydrogen-bond acceptors (Lipinski definition) is 6.